The van der Waals surface area contributed by atoms with E-state index in [1.54, 1.807) is 12.1 Å². The van der Waals surface area contributed by atoms with Gasteiger partial charge in [-0.1, -0.05) is 15.9 Å². The van der Waals surface area contributed by atoms with Crippen LogP contribution in [0.4, 0.5) is 15.9 Å². The minimum Gasteiger partial charge on any atom is -0.354 e. The molecule has 1 aliphatic heterocycles. The van der Waals surface area contributed by atoms with Crippen molar-refractivity contribution in [3.8, 4) is 0 Å². The van der Waals surface area contributed by atoms with Crippen molar-refractivity contribution in [3.63, 3.8) is 0 Å². The van der Waals surface area contributed by atoms with Crippen molar-refractivity contribution >= 4 is 33.3 Å². The Morgan fingerprint density at radius 2 is 1.96 bits per heavy atom. The molecule has 1 fully saturated rings. The van der Waals surface area contributed by atoms with Gasteiger partial charge in [-0.25, -0.2) is 14.4 Å². The van der Waals surface area contributed by atoms with Crippen LogP contribution in [0.15, 0.2) is 35.1 Å². The highest BCUT2D eigenvalue weighted by atomic mass is 79.9. The molecule has 0 aliphatic carbocycles. The number of hydrogen-bond acceptors (Lipinski definition) is 5. The maximum atomic E-state index is 13.8. The van der Waals surface area contributed by atoms with Crippen LogP contribution in [-0.4, -0.2) is 54.0 Å². The monoisotopic (exact) mass is 393 g/mol. The summed E-state index contributed by atoms with van der Waals surface area (Å²) in [7, 11) is 2.07. The summed E-state index contributed by atoms with van der Waals surface area (Å²) < 4.78 is 14.5. The van der Waals surface area contributed by atoms with Gasteiger partial charge in [-0.05, 0) is 25.2 Å². The van der Waals surface area contributed by atoms with Gasteiger partial charge in [-0.2, -0.15) is 0 Å². The molecule has 1 N–H and O–H groups in total. The molecule has 24 heavy (non-hydrogen) atoms. The fraction of sp³-hybridized carbons (Fsp3) is 0.312. The van der Waals surface area contributed by atoms with Gasteiger partial charge >= 0.3 is 0 Å². The van der Waals surface area contributed by atoms with Crippen molar-refractivity contribution in [3.05, 3.63) is 46.6 Å². The smallest absolute Gasteiger partial charge is 0.274 e. The standard InChI is InChI=1S/C16H17BrFN5O/c1-22-4-6-23(7-5-22)15-9-14(19-10-20-15)16(24)21-13-3-2-11(17)8-12(13)18/h2-3,8-10H,4-7H2,1H3,(H,21,24). The largest absolute Gasteiger partial charge is 0.354 e. The molecule has 1 saturated heterocycles. The summed E-state index contributed by atoms with van der Waals surface area (Å²) in [6.45, 7) is 3.57. The summed E-state index contributed by atoms with van der Waals surface area (Å²) in [5, 5.41) is 2.54. The molecule has 0 spiro atoms. The molecule has 1 aromatic heterocycles. The highest BCUT2D eigenvalue weighted by Crippen LogP contribution is 2.20. The Morgan fingerprint density at radius 3 is 2.67 bits per heavy atom. The van der Waals surface area contributed by atoms with Crippen molar-refractivity contribution in [2.75, 3.05) is 43.4 Å². The van der Waals surface area contributed by atoms with E-state index >= 15 is 0 Å². The number of nitrogens with zero attached hydrogens (tertiary/aromatic N) is 4. The average Bonchev–Trinajstić information content (AvgIpc) is 2.58. The molecule has 1 aliphatic rings. The van der Waals surface area contributed by atoms with Gasteiger partial charge in [0, 0.05) is 36.7 Å². The third-order valence-corrected chi connectivity index (χ3v) is 4.39. The Bertz CT molecular complexity index is 749. The van der Waals surface area contributed by atoms with Crippen molar-refractivity contribution in [2.45, 2.75) is 0 Å². The Kier molecular flexibility index (Phi) is 5.06. The van der Waals surface area contributed by atoms with E-state index in [0.29, 0.717) is 10.3 Å². The maximum Gasteiger partial charge on any atom is 0.274 e. The summed E-state index contributed by atoms with van der Waals surface area (Å²) in [6, 6.07) is 6.09. The van der Waals surface area contributed by atoms with Gasteiger partial charge in [0.05, 0.1) is 5.69 Å². The molecule has 2 heterocycles. The molecule has 6 nitrogen and oxygen atoms in total. The van der Waals surface area contributed by atoms with E-state index in [0.717, 1.165) is 26.2 Å². The zero-order valence-electron chi connectivity index (χ0n) is 13.2. The van der Waals surface area contributed by atoms with Crippen molar-refractivity contribution in [1.29, 1.82) is 0 Å². The zero-order chi connectivity index (χ0) is 17.1. The Morgan fingerprint density at radius 1 is 1.21 bits per heavy atom. The lowest BCUT2D eigenvalue weighted by Gasteiger charge is -2.33. The maximum absolute atomic E-state index is 13.8. The van der Waals surface area contributed by atoms with Crippen LogP contribution in [0.1, 0.15) is 10.5 Å². The van der Waals surface area contributed by atoms with Gasteiger partial charge in [-0.15, -0.1) is 0 Å². The fourth-order valence-corrected chi connectivity index (χ4v) is 2.79. The summed E-state index contributed by atoms with van der Waals surface area (Å²) in [6.07, 6.45) is 1.36. The molecule has 0 bridgehead atoms. The van der Waals surface area contributed by atoms with Gasteiger partial charge in [0.25, 0.3) is 5.91 Å². The minimum absolute atomic E-state index is 0.114. The number of nitrogens with one attached hydrogen (secondary N) is 1. The van der Waals surface area contributed by atoms with Gasteiger partial charge in [0.1, 0.15) is 23.7 Å². The lowest BCUT2D eigenvalue weighted by atomic mass is 10.2. The Balaban J connectivity index is 1.74. The summed E-state index contributed by atoms with van der Waals surface area (Å²) in [5.74, 6) is -0.264. The predicted molar refractivity (Wildman–Crippen MR) is 93.8 cm³/mol. The SMILES string of the molecule is CN1CCN(c2cc(C(=O)Nc3ccc(Br)cc3F)ncn2)CC1. The first-order valence-electron chi connectivity index (χ1n) is 7.55. The summed E-state index contributed by atoms with van der Waals surface area (Å²) in [5.41, 5.74) is 0.323. The molecule has 126 valence electrons. The number of aromatic nitrogens is 2. The molecule has 8 heteroatoms. The van der Waals surface area contributed by atoms with Gasteiger partial charge in [0.15, 0.2) is 0 Å². The third-order valence-electron chi connectivity index (χ3n) is 3.89. The molecule has 1 amide bonds. The quantitative estimate of drug-likeness (QED) is 0.867. The second-order valence-corrected chi connectivity index (χ2v) is 6.55. The van der Waals surface area contributed by atoms with Gasteiger partial charge in [-0.3, -0.25) is 4.79 Å². The summed E-state index contributed by atoms with van der Waals surface area (Å²) >= 11 is 3.18. The molecule has 0 radical (unpaired) electrons. The number of carbonyl (C=O) groups excluding carboxylic acids is 1. The van der Waals surface area contributed by atoms with Crippen molar-refractivity contribution in [1.82, 2.24) is 14.9 Å². The van der Waals surface area contributed by atoms with Gasteiger partial charge in [0.2, 0.25) is 0 Å². The van der Waals surface area contributed by atoms with Crippen molar-refractivity contribution in [2.24, 2.45) is 0 Å². The van der Waals surface area contributed by atoms with Gasteiger partial charge < -0.3 is 15.1 Å². The number of piperazine rings is 1. The second-order valence-electron chi connectivity index (χ2n) is 5.63. The Labute approximate surface area is 147 Å². The number of halogens is 2. The van der Waals surface area contributed by atoms with Crippen LogP contribution < -0.4 is 10.2 Å². The number of likely N-dealkylation sites (N-methyl/N-ethyl adjacent to an activating group) is 1. The number of carbonyl (C=O) groups is 1. The third kappa shape index (κ3) is 3.88. The normalized spacial score (nSPS) is 15.4. The van der Waals surface area contributed by atoms with Crippen LogP contribution in [0.2, 0.25) is 0 Å². The first-order valence-corrected chi connectivity index (χ1v) is 8.34. The van der Waals surface area contributed by atoms with Crippen molar-refractivity contribution < 1.29 is 9.18 Å². The number of anilines is 2. The van der Waals surface area contributed by atoms with Crippen LogP contribution in [0, 0.1) is 5.82 Å². The molecular formula is C16H17BrFN5O. The predicted octanol–water partition coefficient (Wildman–Crippen LogP) is 2.38. The van der Waals surface area contributed by atoms with E-state index in [2.05, 4.69) is 48.1 Å². The molecule has 0 atom stereocenters. The van der Waals surface area contributed by atoms with E-state index in [1.807, 2.05) is 0 Å². The Hall–Kier alpha value is -2.06. The molecule has 3 rings (SSSR count). The van der Waals surface area contributed by atoms with E-state index in [1.165, 1.54) is 18.5 Å². The molecule has 0 saturated carbocycles. The number of hydrogen-bond donors (Lipinski definition) is 1. The second kappa shape index (κ2) is 7.23. The lowest BCUT2D eigenvalue weighted by molar-refractivity contribution is 0.102. The lowest BCUT2D eigenvalue weighted by Crippen LogP contribution is -2.44. The number of benzene rings is 1. The number of rotatable bonds is 3. The van der Waals surface area contributed by atoms with Crippen LogP contribution in [0.3, 0.4) is 0 Å². The topological polar surface area (TPSA) is 61.4 Å². The van der Waals surface area contributed by atoms with Crippen LogP contribution in [0.5, 0.6) is 0 Å². The highest BCUT2D eigenvalue weighted by Gasteiger charge is 2.18. The van der Waals surface area contributed by atoms with E-state index in [4.69, 9.17) is 0 Å². The molecular weight excluding hydrogens is 377 g/mol. The van der Waals surface area contributed by atoms with E-state index in [-0.39, 0.29) is 11.4 Å². The van der Waals surface area contributed by atoms with Crippen LogP contribution >= 0.6 is 15.9 Å². The average molecular weight is 394 g/mol. The first-order chi connectivity index (χ1) is 11.5. The fourth-order valence-electron chi connectivity index (χ4n) is 2.46. The van der Waals surface area contributed by atoms with Crippen LogP contribution in [-0.2, 0) is 0 Å². The van der Waals surface area contributed by atoms with Crippen LogP contribution in [0.25, 0.3) is 0 Å². The van der Waals surface area contributed by atoms with E-state index < -0.39 is 11.7 Å². The minimum atomic E-state index is -0.508. The first kappa shape index (κ1) is 16.8. The van der Waals surface area contributed by atoms with E-state index in [9.17, 15) is 9.18 Å². The molecule has 2 aromatic rings. The molecule has 1 aromatic carbocycles. The zero-order valence-corrected chi connectivity index (χ0v) is 14.8. The molecule has 0 unspecified atom stereocenters. The number of amides is 1. The highest BCUT2D eigenvalue weighted by molar-refractivity contribution is 9.10. The summed E-state index contributed by atoms with van der Waals surface area (Å²) in [4.78, 5) is 24.9.